The Morgan fingerprint density at radius 3 is 3.15 bits per heavy atom. The van der Waals surface area contributed by atoms with Crippen LogP contribution in [-0.4, -0.2) is 34.2 Å². The number of rotatable bonds is 2. The van der Waals surface area contributed by atoms with Gasteiger partial charge < -0.3 is 5.11 Å². The van der Waals surface area contributed by atoms with Crippen molar-refractivity contribution in [1.82, 2.24) is 9.88 Å². The molecule has 2 heterocycles. The zero-order valence-electron chi connectivity index (χ0n) is 7.73. The van der Waals surface area contributed by atoms with Gasteiger partial charge in [-0.15, -0.1) is 11.3 Å². The zero-order valence-corrected chi connectivity index (χ0v) is 8.55. The molecule has 0 amide bonds. The molecule has 4 heteroatoms. The highest BCUT2D eigenvalue weighted by Crippen LogP contribution is 2.14. The molecule has 72 valence electrons. The normalized spacial score (nSPS) is 24.0. The van der Waals surface area contributed by atoms with E-state index in [1.165, 1.54) is 0 Å². The van der Waals surface area contributed by atoms with Crippen LogP contribution in [0.4, 0.5) is 0 Å². The molecule has 1 fully saturated rings. The van der Waals surface area contributed by atoms with Gasteiger partial charge in [-0.05, 0) is 13.3 Å². The summed E-state index contributed by atoms with van der Waals surface area (Å²) in [5.74, 6) is 0. The summed E-state index contributed by atoms with van der Waals surface area (Å²) in [4.78, 5) is 6.64. The minimum atomic E-state index is -0.125. The molecular weight excluding hydrogens is 184 g/mol. The molecule has 0 bridgehead atoms. The molecule has 0 aliphatic carbocycles. The zero-order chi connectivity index (χ0) is 9.26. The van der Waals surface area contributed by atoms with Gasteiger partial charge in [0.05, 0.1) is 16.8 Å². The van der Waals surface area contributed by atoms with Crippen LogP contribution in [0, 0.1) is 6.92 Å². The maximum Gasteiger partial charge on any atom is 0.0897 e. The van der Waals surface area contributed by atoms with Gasteiger partial charge in [-0.3, -0.25) is 4.90 Å². The van der Waals surface area contributed by atoms with Crippen LogP contribution in [0.1, 0.15) is 17.1 Å². The van der Waals surface area contributed by atoms with Crippen molar-refractivity contribution in [2.45, 2.75) is 26.0 Å². The first-order valence-corrected chi connectivity index (χ1v) is 5.43. The summed E-state index contributed by atoms with van der Waals surface area (Å²) in [5, 5.41) is 12.5. The standard InChI is InChI=1S/C9H14N2OS/c1-7-10-8(6-13-7)4-11-3-2-9(12)5-11/h6,9,12H,2-5H2,1H3/t9-/m1/s1. The molecule has 0 aromatic carbocycles. The molecule has 3 nitrogen and oxygen atoms in total. The third kappa shape index (κ3) is 2.27. The number of aliphatic hydroxyl groups is 1. The molecule has 2 rings (SSSR count). The predicted molar refractivity (Wildman–Crippen MR) is 52.8 cm³/mol. The third-order valence-electron chi connectivity index (χ3n) is 2.30. The molecule has 1 atom stereocenters. The van der Waals surface area contributed by atoms with Crippen LogP contribution in [0.5, 0.6) is 0 Å². The third-order valence-corrected chi connectivity index (χ3v) is 3.12. The first kappa shape index (κ1) is 9.12. The van der Waals surface area contributed by atoms with Crippen molar-refractivity contribution in [3.05, 3.63) is 16.1 Å². The van der Waals surface area contributed by atoms with Crippen LogP contribution in [0.3, 0.4) is 0 Å². The van der Waals surface area contributed by atoms with Crippen LogP contribution in [-0.2, 0) is 6.54 Å². The maximum atomic E-state index is 9.32. The summed E-state index contributed by atoms with van der Waals surface area (Å²) in [6.45, 7) is 4.71. The Morgan fingerprint density at radius 2 is 2.62 bits per heavy atom. The van der Waals surface area contributed by atoms with Gasteiger partial charge in [0.2, 0.25) is 0 Å². The second kappa shape index (κ2) is 3.74. The van der Waals surface area contributed by atoms with E-state index in [1.54, 1.807) is 11.3 Å². The van der Waals surface area contributed by atoms with E-state index in [0.717, 1.165) is 36.8 Å². The Bertz CT molecular complexity index is 287. The lowest BCUT2D eigenvalue weighted by Crippen LogP contribution is -2.21. The number of aromatic nitrogens is 1. The van der Waals surface area contributed by atoms with Crippen LogP contribution in [0.25, 0.3) is 0 Å². The predicted octanol–water partition coefficient (Wildman–Crippen LogP) is 1.02. The van der Waals surface area contributed by atoms with E-state index in [2.05, 4.69) is 15.3 Å². The second-order valence-corrected chi connectivity index (χ2v) is 4.60. The summed E-state index contributed by atoms with van der Waals surface area (Å²) in [5.41, 5.74) is 1.14. The van der Waals surface area contributed by atoms with E-state index in [1.807, 2.05) is 6.92 Å². The quantitative estimate of drug-likeness (QED) is 0.770. The molecule has 0 spiro atoms. The number of thiazole rings is 1. The first-order chi connectivity index (χ1) is 6.24. The maximum absolute atomic E-state index is 9.32. The smallest absolute Gasteiger partial charge is 0.0897 e. The van der Waals surface area contributed by atoms with Gasteiger partial charge in [0, 0.05) is 25.0 Å². The topological polar surface area (TPSA) is 36.4 Å². The van der Waals surface area contributed by atoms with Gasteiger partial charge in [0.15, 0.2) is 0 Å². The number of likely N-dealkylation sites (tertiary alicyclic amines) is 1. The lowest BCUT2D eigenvalue weighted by atomic mass is 10.3. The number of aliphatic hydroxyl groups excluding tert-OH is 1. The summed E-state index contributed by atoms with van der Waals surface area (Å²) < 4.78 is 0. The highest BCUT2D eigenvalue weighted by molar-refractivity contribution is 7.09. The number of hydrogen-bond acceptors (Lipinski definition) is 4. The second-order valence-electron chi connectivity index (χ2n) is 3.54. The Kier molecular flexibility index (Phi) is 2.62. The van der Waals surface area contributed by atoms with Crippen LogP contribution < -0.4 is 0 Å². The van der Waals surface area contributed by atoms with Crippen LogP contribution in [0.15, 0.2) is 5.38 Å². The van der Waals surface area contributed by atoms with Gasteiger partial charge >= 0.3 is 0 Å². The summed E-state index contributed by atoms with van der Waals surface area (Å²) in [6, 6.07) is 0. The van der Waals surface area contributed by atoms with Crippen molar-refractivity contribution in [2.24, 2.45) is 0 Å². The molecule has 1 aliphatic heterocycles. The fraction of sp³-hybridized carbons (Fsp3) is 0.667. The Morgan fingerprint density at radius 1 is 1.77 bits per heavy atom. The number of hydrogen-bond donors (Lipinski definition) is 1. The molecule has 1 aromatic rings. The highest BCUT2D eigenvalue weighted by Gasteiger charge is 2.20. The van der Waals surface area contributed by atoms with Gasteiger partial charge in [-0.1, -0.05) is 0 Å². The lowest BCUT2D eigenvalue weighted by molar-refractivity contribution is 0.174. The monoisotopic (exact) mass is 198 g/mol. The first-order valence-electron chi connectivity index (χ1n) is 4.55. The molecule has 0 saturated carbocycles. The Balaban J connectivity index is 1.91. The van der Waals surface area contributed by atoms with Crippen molar-refractivity contribution in [3.63, 3.8) is 0 Å². The number of aryl methyl sites for hydroxylation is 1. The fourth-order valence-corrected chi connectivity index (χ4v) is 2.27. The summed E-state index contributed by atoms with van der Waals surface area (Å²) in [6.07, 6.45) is 0.781. The lowest BCUT2D eigenvalue weighted by Gasteiger charge is -2.12. The molecule has 1 aromatic heterocycles. The van der Waals surface area contributed by atoms with E-state index in [0.29, 0.717) is 0 Å². The van der Waals surface area contributed by atoms with Crippen molar-refractivity contribution < 1.29 is 5.11 Å². The number of β-amino-alcohol motifs (C(OH)–C–C–N with tert-alkyl or cyclic N) is 1. The Labute approximate surface area is 82.0 Å². The molecule has 1 N–H and O–H groups in total. The molecule has 13 heavy (non-hydrogen) atoms. The minimum Gasteiger partial charge on any atom is -0.392 e. The van der Waals surface area contributed by atoms with Gasteiger partial charge in [0.25, 0.3) is 0 Å². The molecular formula is C9H14N2OS. The van der Waals surface area contributed by atoms with Crippen LogP contribution in [0.2, 0.25) is 0 Å². The van der Waals surface area contributed by atoms with Crippen molar-refractivity contribution >= 4 is 11.3 Å². The molecule has 1 saturated heterocycles. The molecule has 0 radical (unpaired) electrons. The minimum absolute atomic E-state index is 0.125. The average Bonchev–Trinajstić information content (AvgIpc) is 2.62. The van der Waals surface area contributed by atoms with E-state index in [-0.39, 0.29) is 6.10 Å². The average molecular weight is 198 g/mol. The van der Waals surface area contributed by atoms with E-state index in [9.17, 15) is 5.11 Å². The molecule has 1 aliphatic rings. The highest BCUT2D eigenvalue weighted by atomic mass is 32.1. The Hall–Kier alpha value is -0.450. The van der Waals surface area contributed by atoms with Crippen molar-refractivity contribution in [3.8, 4) is 0 Å². The fourth-order valence-electron chi connectivity index (χ4n) is 1.67. The van der Waals surface area contributed by atoms with E-state index in [4.69, 9.17) is 0 Å². The molecule has 0 unspecified atom stereocenters. The van der Waals surface area contributed by atoms with Gasteiger partial charge in [-0.2, -0.15) is 0 Å². The largest absolute Gasteiger partial charge is 0.392 e. The van der Waals surface area contributed by atoms with Crippen LogP contribution >= 0.6 is 11.3 Å². The van der Waals surface area contributed by atoms with Crippen molar-refractivity contribution in [2.75, 3.05) is 13.1 Å². The van der Waals surface area contributed by atoms with E-state index < -0.39 is 0 Å². The summed E-state index contributed by atoms with van der Waals surface area (Å²) >= 11 is 1.69. The van der Waals surface area contributed by atoms with Crippen molar-refractivity contribution in [1.29, 1.82) is 0 Å². The summed E-state index contributed by atoms with van der Waals surface area (Å²) in [7, 11) is 0. The van der Waals surface area contributed by atoms with Gasteiger partial charge in [0.1, 0.15) is 0 Å². The number of nitrogens with zero attached hydrogens (tertiary/aromatic N) is 2. The SMILES string of the molecule is Cc1nc(CN2CC[C@@H](O)C2)cs1. The van der Waals surface area contributed by atoms with Gasteiger partial charge in [-0.25, -0.2) is 4.98 Å². The van der Waals surface area contributed by atoms with E-state index >= 15 is 0 Å².